The van der Waals surface area contributed by atoms with Crippen LogP contribution >= 0.6 is 12.4 Å². The first-order chi connectivity index (χ1) is 5.71. The van der Waals surface area contributed by atoms with Crippen LogP contribution in [-0.4, -0.2) is 23.2 Å². The van der Waals surface area contributed by atoms with E-state index in [1.807, 2.05) is 0 Å². The number of nitrogens with zero attached hydrogens (tertiary/aromatic N) is 2. The van der Waals surface area contributed by atoms with Crippen molar-refractivity contribution < 1.29 is 4.92 Å². The molecule has 0 radical (unpaired) electrons. The van der Waals surface area contributed by atoms with E-state index < -0.39 is 5.54 Å². The van der Waals surface area contributed by atoms with Gasteiger partial charge in [-0.3, -0.25) is 15.1 Å². The van der Waals surface area contributed by atoms with Gasteiger partial charge in [-0.25, -0.2) is 0 Å². The van der Waals surface area contributed by atoms with Crippen LogP contribution in [-0.2, 0) is 0 Å². The molecule has 0 aromatic heterocycles. The van der Waals surface area contributed by atoms with E-state index in [9.17, 15) is 10.1 Å². The molecule has 1 unspecified atom stereocenters. The Hall–Kier alpha value is -0.940. The van der Waals surface area contributed by atoms with Gasteiger partial charge in [-0.1, -0.05) is 0 Å². The van der Waals surface area contributed by atoms with Gasteiger partial charge in [0.25, 0.3) is 0 Å². The number of hydrogen-bond acceptors (Lipinski definition) is 4. The van der Waals surface area contributed by atoms with Crippen LogP contribution in [0, 0.1) is 10.1 Å². The van der Waals surface area contributed by atoms with E-state index in [-0.39, 0.29) is 17.3 Å². The van der Waals surface area contributed by atoms with Gasteiger partial charge in [-0.15, -0.1) is 12.4 Å². The van der Waals surface area contributed by atoms with Gasteiger partial charge in [-0.2, -0.15) is 0 Å². The van der Waals surface area contributed by atoms with Crippen molar-refractivity contribution >= 4 is 18.6 Å². The molecule has 5 nitrogen and oxygen atoms in total. The highest BCUT2D eigenvalue weighted by Crippen LogP contribution is 2.22. The van der Waals surface area contributed by atoms with Crippen LogP contribution in [0.4, 0.5) is 0 Å². The Morgan fingerprint density at radius 1 is 1.69 bits per heavy atom. The summed E-state index contributed by atoms with van der Waals surface area (Å²) in [5.41, 5.74) is 4.30. The molecule has 13 heavy (non-hydrogen) atoms. The predicted molar refractivity (Wildman–Crippen MR) is 52.9 cm³/mol. The van der Waals surface area contributed by atoms with Crippen LogP contribution in [0.5, 0.6) is 0 Å². The minimum Gasteiger partial charge on any atom is -0.330 e. The lowest BCUT2D eigenvalue weighted by Crippen LogP contribution is -2.39. The summed E-state index contributed by atoms with van der Waals surface area (Å²) in [4.78, 5) is 14.2. The molecule has 1 aliphatic heterocycles. The van der Waals surface area contributed by atoms with E-state index in [1.54, 1.807) is 6.21 Å². The van der Waals surface area contributed by atoms with Gasteiger partial charge >= 0.3 is 0 Å². The van der Waals surface area contributed by atoms with Crippen molar-refractivity contribution in [3.05, 3.63) is 22.4 Å². The number of halogens is 1. The third kappa shape index (κ3) is 2.50. The molecule has 0 aromatic carbocycles. The van der Waals surface area contributed by atoms with Crippen molar-refractivity contribution in [1.82, 2.24) is 0 Å². The first-order valence-electron chi connectivity index (χ1n) is 3.75. The van der Waals surface area contributed by atoms with E-state index in [2.05, 4.69) is 4.99 Å². The molecule has 0 aliphatic carbocycles. The van der Waals surface area contributed by atoms with E-state index in [1.165, 1.54) is 12.3 Å². The molecule has 2 N–H and O–H groups in total. The molecule has 1 heterocycles. The summed E-state index contributed by atoms with van der Waals surface area (Å²) < 4.78 is 0. The van der Waals surface area contributed by atoms with Gasteiger partial charge in [0.1, 0.15) is 0 Å². The number of nitrogens with two attached hydrogens (primary N) is 1. The van der Waals surface area contributed by atoms with E-state index >= 15 is 0 Å². The average Bonchev–Trinajstić information content (AvgIpc) is 2.06. The van der Waals surface area contributed by atoms with Crippen LogP contribution in [0.3, 0.4) is 0 Å². The maximum Gasteiger partial charge on any atom is 0.248 e. The lowest BCUT2D eigenvalue weighted by atomic mass is 9.91. The summed E-state index contributed by atoms with van der Waals surface area (Å²) in [6, 6.07) is 0. The topological polar surface area (TPSA) is 81.5 Å². The predicted octanol–water partition coefficient (Wildman–Crippen LogP) is 0.761. The van der Waals surface area contributed by atoms with Crippen molar-refractivity contribution in [3.8, 4) is 0 Å². The highest BCUT2D eigenvalue weighted by atomic mass is 35.5. The normalized spacial score (nSPS) is 25.3. The summed E-state index contributed by atoms with van der Waals surface area (Å²) in [7, 11) is 0. The molecule has 74 valence electrons. The van der Waals surface area contributed by atoms with Gasteiger partial charge in [0.15, 0.2) is 0 Å². The maximum absolute atomic E-state index is 10.7. The average molecular weight is 206 g/mol. The molecule has 1 rings (SSSR count). The fourth-order valence-electron chi connectivity index (χ4n) is 1.18. The first-order valence-corrected chi connectivity index (χ1v) is 3.75. The molecule has 0 amide bonds. The van der Waals surface area contributed by atoms with E-state index in [4.69, 9.17) is 5.73 Å². The van der Waals surface area contributed by atoms with Gasteiger partial charge in [0.05, 0.1) is 6.42 Å². The third-order valence-corrected chi connectivity index (χ3v) is 1.96. The summed E-state index contributed by atoms with van der Waals surface area (Å²) >= 11 is 0. The Morgan fingerprint density at radius 3 is 2.77 bits per heavy atom. The first kappa shape index (κ1) is 12.1. The molecule has 0 aromatic rings. The standard InChI is InChI=1S/C7H11N3O2.ClH/c8-4-1-7(10(11)12)2-5-9-6-3-7;/h2,5-6H,1,3-4,8H2;1H. The highest BCUT2D eigenvalue weighted by Gasteiger charge is 2.39. The summed E-state index contributed by atoms with van der Waals surface area (Å²) in [5.74, 6) is 0. The molecule has 1 aliphatic rings. The fraction of sp³-hybridized carbons (Fsp3) is 0.571. The number of rotatable bonds is 3. The van der Waals surface area contributed by atoms with Gasteiger partial charge in [-0.05, 0) is 6.54 Å². The Balaban J connectivity index is 0.00000144. The summed E-state index contributed by atoms with van der Waals surface area (Å²) in [6.07, 6.45) is 5.23. The molecule has 0 saturated heterocycles. The molecular weight excluding hydrogens is 194 g/mol. The molecule has 1 atom stereocenters. The largest absolute Gasteiger partial charge is 0.330 e. The molecule has 0 fully saturated rings. The van der Waals surface area contributed by atoms with Crippen molar-refractivity contribution in [2.24, 2.45) is 10.7 Å². The Morgan fingerprint density at radius 2 is 2.38 bits per heavy atom. The van der Waals surface area contributed by atoms with Gasteiger partial charge in [0, 0.05) is 29.8 Å². The Kier molecular flexibility index (Phi) is 4.58. The molecule has 0 saturated carbocycles. The van der Waals surface area contributed by atoms with Crippen molar-refractivity contribution in [2.45, 2.75) is 18.4 Å². The SMILES string of the molecule is Cl.NCCC1([N+](=O)[O-])C=CN=CC1. The second kappa shape index (κ2) is 4.94. The quantitative estimate of drug-likeness (QED) is 0.546. The van der Waals surface area contributed by atoms with Crippen LogP contribution in [0.1, 0.15) is 12.8 Å². The summed E-state index contributed by atoms with van der Waals surface area (Å²) in [5, 5.41) is 10.7. The lowest BCUT2D eigenvalue weighted by Gasteiger charge is -2.20. The zero-order valence-electron chi connectivity index (χ0n) is 7.05. The van der Waals surface area contributed by atoms with E-state index in [0.717, 1.165) is 0 Å². The molecular formula is C7H12ClN3O2. The van der Waals surface area contributed by atoms with Crippen LogP contribution in [0.25, 0.3) is 0 Å². The highest BCUT2D eigenvalue weighted by molar-refractivity contribution is 5.85. The van der Waals surface area contributed by atoms with Gasteiger partial charge < -0.3 is 5.73 Å². The lowest BCUT2D eigenvalue weighted by molar-refractivity contribution is -0.554. The zero-order valence-corrected chi connectivity index (χ0v) is 7.87. The Bertz CT molecular complexity index is 242. The molecule has 6 heteroatoms. The smallest absolute Gasteiger partial charge is 0.248 e. The monoisotopic (exact) mass is 205 g/mol. The van der Waals surface area contributed by atoms with Gasteiger partial charge in [0.2, 0.25) is 5.54 Å². The third-order valence-electron chi connectivity index (χ3n) is 1.96. The molecule has 0 bridgehead atoms. The maximum atomic E-state index is 10.7. The van der Waals surface area contributed by atoms with Crippen molar-refractivity contribution in [1.29, 1.82) is 0 Å². The number of hydrogen-bond donors (Lipinski definition) is 1. The minimum absolute atomic E-state index is 0. The number of nitro groups is 1. The van der Waals surface area contributed by atoms with Crippen molar-refractivity contribution in [2.75, 3.05) is 6.54 Å². The van der Waals surface area contributed by atoms with E-state index in [0.29, 0.717) is 19.4 Å². The second-order valence-corrected chi connectivity index (χ2v) is 2.75. The minimum atomic E-state index is -1.00. The summed E-state index contributed by atoms with van der Waals surface area (Å²) in [6.45, 7) is 0.319. The fourth-order valence-corrected chi connectivity index (χ4v) is 1.18. The molecule has 0 spiro atoms. The van der Waals surface area contributed by atoms with Crippen LogP contribution in [0.2, 0.25) is 0 Å². The van der Waals surface area contributed by atoms with Crippen LogP contribution in [0.15, 0.2) is 17.3 Å². The van der Waals surface area contributed by atoms with Crippen LogP contribution < -0.4 is 5.73 Å². The second-order valence-electron chi connectivity index (χ2n) is 2.75. The van der Waals surface area contributed by atoms with Crippen molar-refractivity contribution in [3.63, 3.8) is 0 Å². The Labute approximate surface area is 82.3 Å². The zero-order chi connectivity index (χ0) is 9.03. The number of aliphatic imine (C=N–C) groups is 1.